The van der Waals surface area contributed by atoms with Gasteiger partial charge in [0, 0.05) is 17.1 Å². The molecule has 4 nitrogen and oxygen atoms in total. The molecule has 1 heterocycles. The van der Waals surface area contributed by atoms with E-state index < -0.39 is 0 Å². The molecule has 4 heteroatoms. The van der Waals surface area contributed by atoms with Crippen molar-refractivity contribution >= 4 is 16.9 Å². The minimum absolute atomic E-state index is 0.337. The third kappa shape index (κ3) is 1.63. The summed E-state index contributed by atoms with van der Waals surface area (Å²) in [4.78, 5) is 14.6. The van der Waals surface area contributed by atoms with Crippen LogP contribution in [-0.2, 0) is 4.74 Å². The van der Waals surface area contributed by atoms with E-state index in [4.69, 9.17) is 10.00 Å². The Balaban J connectivity index is 2.54. The van der Waals surface area contributed by atoms with Gasteiger partial charge in [-0.1, -0.05) is 0 Å². The number of hydrogen-bond donors (Lipinski definition) is 1. The van der Waals surface area contributed by atoms with Crippen molar-refractivity contribution in [1.82, 2.24) is 4.98 Å². The number of aromatic amines is 1. The summed E-state index contributed by atoms with van der Waals surface area (Å²) in [6.45, 7) is 2.09. The third-order valence-electron chi connectivity index (χ3n) is 2.31. The molecule has 1 N–H and O–H groups in total. The lowest BCUT2D eigenvalue weighted by Gasteiger charge is -1.99. The molecule has 0 saturated heterocycles. The zero-order valence-electron chi connectivity index (χ0n) is 8.78. The molecule has 0 aliphatic heterocycles. The summed E-state index contributed by atoms with van der Waals surface area (Å²) < 4.78 is 4.93. The molecule has 0 amide bonds. The Hall–Kier alpha value is -2.28. The summed E-state index contributed by atoms with van der Waals surface area (Å²) >= 11 is 0. The topological polar surface area (TPSA) is 65.9 Å². The van der Waals surface area contributed by atoms with Gasteiger partial charge in [-0.25, -0.2) is 4.79 Å². The van der Waals surface area contributed by atoms with Gasteiger partial charge in [0.05, 0.1) is 23.8 Å². The van der Waals surface area contributed by atoms with Crippen LogP contribution >= 0.6 is 0 Å². The van der Waals surface area contributed by atoms with Gasteiger partial charge < -0.3 is 9.72 Å². The lowest BCUT2D eigenvalue weighted by Crippen LogP contribution is -2.03. The summed E-state index contributed by atoms with van der Waals surface area (Å²) in [7, 11) is 0. The number of nitriles is 1. The number of rotatable bonds is 2. The molecule has 0 bridgehead atoms. The molecule has 80 valence electrons. The molecule has 0 unspecified atom stereocenters. The van der Waals surface area contributed by atoms with Gasteiger partial charge in [0.2, 0.25) is 0 Å². The van der Waals surface area contributed by atoms with Gasteiger partial charge in [-0.05, 0) is 25.1 Å². The first kappa shape index (κ1) is 10.2. The minimum Gasteiger partial charge on any atom is -0.462 e. The van der Waals surface area contributed by atoms with Gasteiger partial charge in [-0.15, -0.1) is 0 Å². The summed E-state index contributed by atoms with van der Waals surface area (Å²) in [6, 6.07) is 7.20. The van der Waals surface area contributed by atoms with E-state index in [1.165, 1.54) is 0 Å². The first-order chi connectivity index (χ1) is 7.76. The molecular weight excluding hydrogens is 204 g/mol. The molecule has 0 fully saturated rings. The monoisotopic (exact) mass is 214 g/mol. The number of fused-ring (bicyclic) bond motifs is 1. The molecule has 0 aliphatic carbocycles. The van der Waals surface area contributed by atoms with Gasteiger partial charge in [0.25, 0.3) is 0 Å². The van der Waals surface area contributed by atoms with Crippen LogP contribution in [0, 0.1) is 11.3 Å². The fourth-order valence-electron chi connectivity index (χ4n) is 1.57. The van der Waals surface area contributed by atoms with Crippen molar-refractivity contribution < 1.29 is 9.53 Å². The maximum atomic E-state index is 11.6. The first-order valence-electron chi connectivity index (χ1n) is 4.94. The number of carbonyl (C=O) groups excluding carboxylic acids is 1. The largest absolute Gasteiger partial charge is 0.462 e. The number of ether oxygens (including phenoxy) is 1. The molecule has 0 atom stereocenters. The van der Waals surface area contributed by atoms with Crippen molar-refractivity contribution in [1.29, 1.82) is 5.26 Å². The normalized spacial score (nSPS) is 10.0. The number of hydrogen-bond acceptors (Lipinski definition) is 3. The second kappa shape index (κ2) is 4.07. The Morgan fingerprint density at radius 1 is 1.56 bits per heavy atom. The van der Waals surface area contributed by atoms with Crippen LogP contribution in [0.3, 0.4) is 0 Å². The Morgan fingerprint density at radius 3 is 3.06 bits per heavy atom. The molecule has 2 aromatic rings. The highest BCUT2D eigenvalue weighted by atomic mass is 16.5. The molecule has 0 aliphatic rings. The van der Waals surface area contributed by atoms with Crippen molar-refractivity contribution in [3.63, 3.8) is 0 Å². The van der Waals surface area contributed by atoms with Gasteiger partial charge in [0.15, 0.2) is 0 Å². The van der Waals surface area contributed by atoms with E-state index in [1.54, 1.807) is 31.3 Å². The zero-order valence-corrected chi connectivity index (χ0v) is 8.78. The number of esters is 1. The molecule has 2 rings (SSSR count). The molecule has 0 saturated carbocycles. The van der Waals surface area contributed by atoms with Crippen molar-refractivity contribution in [2.45, 2.75) is 6.92 Å². The second-order valence-corrected chi connectivity index (χ2v) is 3.29. The van der Waals surface area contributed by atoms with Gasteiger partial charge in [-0.2, -0.15) is 5.26 Å². The lowest BCUT2D eigenvalue weighted by atomic mass is 10.1. The van der Waals surface area contributed by atoms with Crippen molar-refractivity contribution in [2.75, 3.05) is 6.61 Å². The Bertz CT molecular complexity index is 578. The Labute approximate surface area is 92.4 Å². The van der Waals surface area contributed by atoms with Crippen LogP contribution in [-0.4, -0.2) is 17.6 Å². The molecule has 1 aromatic carbocycles. The molecule has 1 aromatic heterocycles. The predicted octanol–water partition coefficient (Wildman–Crippen LogP) is 2.22. The molecular formula is C12H10N2O2. The summed E-state index contributed by atoms with van der Waals surface area (Å²) in [6.07, 6.45) is 1.60. The van der Waals surface area contributed by atoms with Crippen molar-refractivity contribution in [3.8, 4) is 6.07 Å². The summed E-state index contributed by atoms with van der Waals surface area (Å²) in [5, 5.41) is 9.51. The summed E-state index contributed by atoms with van der Waals surface area (Å²) in [5.41, 5.74) is 1.81. The number of aromatic nitrogens is 1. The van der Waals surface area contributed by atoms with E-state index in [0.29, 0.717) is 17.7 Å². The standard InChI is InChI=1S/C12H10N2O2/c1-2-16-12(15)10-7-14-11-4-3-8(6-13)5-9(10)11/h3-5,7,14H,2H2,1H3. The number of benzene rings is 1. The van der Waals surface area contributed by atoms with Gasteiger partial charge in [0.1, 0.15) is 0 Å². The average Bonchev–Trinajstić information content (AvgIpc) is 2.71. The van der Waals surface area contributed by atoms with Crippen LogP contribution in [0.2, 0.25) is 0 Å². The number of H-pyrrole nitrogens is 1. The van der Waals surface area contributed by atoms with Crippen molar-refractivity contribution in [3.05, 3.63) is 35.5 Å². The van der Waals surface area contributed by atoms with E-state index in [9.17, 15) is 4.79 Å². The summed E-state index contributed by atoms with van der Waals surface area (Å²) in [5.74, 6) is -0.371. The van der Waals surface area contributed by atoms with E-state index in [-0.39, 0.29) is 5.97 Å². The second-order valence-electron chi connectivity index (χ2n) is 3.29. The van der Waals surface area contributed by atoms with E-state index in [2.05, 4.69) is 4.98 Å². The lowest BCUT2D eigenvalue weighted by molar-refractivity contribution is 0.0529. The highest BCUT2D eigenvalue weighted by Gasteiger charge is 2.12. The fourth-order valence-corrected chi connectivity index (χ4v) is 1.57. The highest BCUT2D eigenvalue weighted by molar-refractivity contribution is 6.04. The molecule has 0 radical (unpaired) electrons. The van der Waals surface area contributed by atoms with Crippen LogP contribution in [0.25, 0.3) is 10.9 Å². The molecule has 0 spiro atoms. The first-order valence-corrected chi connectivity index (χ1v) is 4.94. The van der Waals surface area contributed by atoms with Crippen LogP contribution in [0.15, 0.2) is 24.4 Å². The highest BCUT2D eigenvalue weighted by Crippen LogP contribution is 2.20. The van der Waals surface area contributed by atoms with Gasteiger partial charge in [-0.3, -0.25) is 0 Å². The maximum Gasteiger partial charge on any atom is 0.340 e. The Morgan fingerprint density at radius 2 is 2.38 bits per heavy atom. The number of carbonyl (C=O) groups is 1. The van der Waals surface area contributed by atoms with Crippen LogP contribution < -0.4 is 0 Å². The smallest absolute Gasteiger partial charge is 0.340 e. The SMILES string of the molecule is CCOC(=O)c1c[nH]c2ccc(C#N)cc12. The van der Waals surface area contributed by atoms with E-state index in [0.717, 1.165) is 10.9 Å². The van der Waals surface area contributed by atoms with Gasteiger partial charge >= 0.3 is 5.97 Å². The van der Waals surface area contributed by atoms with E-state index >= 15 is 0 Å². The zero-order chi connectivity index (χ0) is 11.5. The minimum atomic E-state index is -0.371. The fraction of sp³-hybridized carbons (Fsp3) is 0.167. The predicted molar refractivity (Wildman–Crippen MR) is 59.0 cm³/mol. The Kier molecular flexibility index (Phi) is 2.61. The maximum absolute atomic E-state index is 11.6. The molecule has 16 heavy (non-hydrogen) atoms. The third-order valence-corrected chi connectivity index (χ3v) is 2.31. The average molecular weight is 214 g/mol. The number of nitrogens with zero attached hydrogens (tertiary/aromatic N) is 1. The number of nitrogens with one attached hydrogen (secondary N) is 1. The van der Waals surface area contributed by atoms with Crippen LogP contribution in [0.1, 0.15) is 22.8 Å². The van der Waals surface area contributed by atoms with Crippen LogP contribution in [0.5, 0.6) is 0 Å². The van der Waals surface area contributed by atoms with Crippen LogP contribution in [0.4, 0.5) is 0 Å². The quantitative estimate of drug-likeness (QED) is 0.779. The van der Waals surface area contributed by atoms with E-state index in [1.807, 2.05) is 6.07 Å². The van der Waals surface area contributed by atoms with Crippen molar-refractivity contribution in [2.24, 2.45) is 0 Å².